The lowest BCUT2D eigenvalue weighted by Gasteiger charge is -2.35. The molecule has 0 unspecified atom stereocenters. The van der Waals surface area contributed by atoms with Crippen molar-refractivity contribution in [3.8, 4) is 0 Å². The minimum absolute atomic E-state index is 0.00373. The zero-order chi connectivity index (χ0) is 25.8. The van der Waals surface area contributed by atoms with Crippen LogP contribution in [0.15, 0.2) is 48.5 Å². The van der Waals surface area contributed by atoms with Crippen molar-refractivity contribution in [3.63, 3.8) is 0 Å². The smallest absolute Gasteiger partial charge is 0.340 e. The molecule has 36 heavy (non-hydrogen) atoms. The van der Waals surface area contributed by atoms with Gasteiger partial charge >= 0.3 is 5.97 Å². The van der Waals surface area contributed by atoms with Crippen LogP contribution < -0.4 is 0 Å². The molecule has 0 N–H and O–H groups in total. The van der Waals surface area contributed by atoms with Gasteiger partial charge in [0, 0.05) is 24.8 Å². The molecule has 6 heteroatoms. The maximum Gasteiger partial charge on any atom is 0.340 e. The maximum absolute atomic E-state index is 14.5. The lowest BCUT2D eigenvalue weighted by atomic mass is 9.76. The van der Waals surface area contributed by atoms with Gasteiger partial charge in [-0.3, -0.25) is 9.59 Å². The molecule has 2 aromatic rings. The molecular formula is C30H36FNO4. The van der Waals surface area contributed by atoms with Crippen LogP contribution in [-0.2, 0) is 20.7 Å². The molecule has 1 saturated heterocycles. The average Bonchev–Trinajstić information content (AvgIpc) is 3.34. The highest BCUT2D eigenvalue weighted by Crippen LogP contribution is 2.39. The minimum Gasteiger partial charge on any atom is -0.465 e. The molecule has 0 aromatic heterocycles. The first-order valence-corrected chi connectivity index (χ1v) is 13.0. The van der Waals surface area contributed by atoms with Crippen molar-refractivity contribution in [3.05, 3.63) is 71.0 Å². The quantitative estimate of drug-likeness (QED) is 0.473. The third kappa shape index (κ3) is 5.53. The van der Waals surface area contributed by atoms with Gasteiger partial charge in [-0.1, -0.05) is 50.2 Å². The number of hydrogen-bond acceptors (Lipinski definition) is 4. The molecule has 1 aliphatic carbocycles. The monoisotopic (exact) mass is 493 g/mol. The van der Waals surface area contributed by atoms with Crippen molar-refractivity contribution < 1.29 is 23.5 Å². The number of nitrogens with zero attached hydrogens (tertiary/aromatic N) is 1. The number of esters is 1. The van der Waals surface area contributed by atoms with Gasteiger partial charge in [0.15, 0.2) is 5.78 Å². The fraction of sp³-hybridized carbons (Fsp3) is 0.500. The predicted molar refractivity (Wildman–Crippen MR) is 136 cm³/mol. The normalized spacial score (nSPS) is 24.1. The molecule has 2 fully saturated rings. The summed E-state index contributed by atoms with van der Waals surface area (Å²) in [7, 11) is 1.20. The number of benzene rings is 2. The minimum atomic E-state index is -0.755. The van der Waals surface area contributed by atoms with Crippen molar-refractivity contribution in [1.82, 2.24) is 4.90 Å². The van der Waals surface area contributed by atoms with Crippen LogP contribution in [0.2, 0.25) is 0 Å². The van der Waals surface area contributed by atoms with Crippen LogP contribution in [-0.4, -0.2) is 42.3 Å². The van der Waals surface area contributed by atoms with E-state index in [1.54, 1.807) is 11.0 Å². The summed E-state index contributed by atoms with van der Waals surface area (Å²) in [6.07, 6.45) is 4.56. The molecule has 2 aliphatic rings. The molecule has 1 amide bonds. The molecule has 1 saturated carbocycles. The highest BCUT2D eigenvalue weighted by molar-refractivity contribution is 5.93. The van der Waals surface area contributed by atoms with Crippen LogP contribution in [0.3, 0.4) is 0 Å². The standard InChI is InChI=1S/C30H36FNO4/c1-19(2)21-10-12-23(13-11-21)29(34)32-16-15-24(22-7-5-4-6-8-22)28(32)27(33)18-20-9-14-25(26(31)17-20)30(35)36-3/h4-9,14,17,19,21,23-24,28H,10-13,15-16,18H2,1-3H3/t21?,23?,24-,28-/m0/s1. The topological polar surface area (TPSA) is 63.7 Å². The van der Waals surface area contributed by atoms with Crippen LogP contribution in [0, 0.1) is 23.6 Å². The van der Waals surface area contributed by atoms with Crippen LogP contribution in [0.4, 0.5) is 4.39 Å². The van der Waals surface area contributed by atoms with Gasteiger partial charge in [-0.15, -0.1) is 0 Å². The zero-order valence-corrected chi connectivity index (χ0v) is 21.4. The van der Waals surface area contributed by atoms with E-state index >= 15 is 0 Å². The van der Waals surface area contributed by atoms with Gasteiger partial charge in [-0.05, 0) is 67.2 Å². The first-order valence-electron chi connectivity index (χ1n) is 13.0. The Morgan fingerprint density at radius 2 is 1.69 bits per heavy atom. The summed E-state index contributed by atoms with van der Waals surface area (Å²) >= 11 is 0. The van der Waals surface area contributed by atoms with E-state index < -0.39 is 17.8 Å². The van der Waals surface area contributed by atoms with E-state index in [1.165, 1.54) is 19.2 Å². The Morgan fingerprint density at radius 1 is 1.00 bits per heavy atom. The van der Waals surface area contributed by atoms with E-state index in [4.69, 9.17) is 0 Å². The highest BCUT2D eigenvalue weighted by Gasteiger charge is 2.44. The van der Waals surface area contributed by atoms with E-state index in [2.05, 4.69) is 18.6 Å². The molecular weight excluding hydrogens is 457 g/mol. The third-order valence-corrected chi connectivity index (χ3v) is 8.12. The number of carbonyl (C=O) groups excluding carboxylic acids is 3. The van der Waals surface area contributed by atoms with Crippen molar-refractivity contribution in [2.24, 2.45) is 17.8 Å². The molecule has 4 rings (SSSR count). The summed E-state index contributed by atoms with van der Waals surface area (Å²) < 4.78 is 19.1. The number of halogens is 1. The molecule has 192 valence electrons. The lowest BCUT2D eigenvalue weighted by Crippen LogP contribution is -2.46. The number of amides is 1. The Bertz CT molecular complexity index is 1090. The van der Waals surface area contributed by atoms with E-state index in [0.29, 0.717) is 23.9 Å². The summed E-state index contributed by atoms with van der Waals surface area (Å²) in [4.78, 5) is 40.9. The largest absolute Gasteiger partial charge is 0.465 e. The van der Waals surface area contributed by atoms with Gasteiger partial charge in [-0.2, -0.15) is 0 Å². The summed E-state index contributed by atoms with van der Waals surface area (Å²) in [6.45, 7) is 5.04. The van der Waals surface area contributed by atoms with Crippen LogP contribution in [0.5, 0.6) is 0 Å². The number of ether oxygens (including phenoxy) is 1. The Balaban J connectivity index is 1.55. The lowest BCUT2D eigenvalue weighted by molar-refractivity contribution is -0.142. The second-order valence-corrected chi connectivity index (χ2v) is 10.6. The number of Topliss-reactive ketones (excluding diaryl/α,β-unsaturated/α-hetero) is 1. The van der Waals surface area contributed by atoms with Crippen molar-refractivity contribution in [1.29, 1.82) is 0 Å². The second-order valence-electron chi connectivity index (χ2n) is 10.6. The van der Waals surface area contributed by atoms with Gasteiger partial charge in [0.05, 0.1) is 18.7 Å². The molecule has 5 nitrogen and oxygen atoms in total. The maximum atomic E-state index is 14.5. The van der Waals surface area contributed by atoms with E-state index in [0.717, 1.165) is 37.7 Å². The van der Waals surface area contributed by atoms with E-state index in [-0.39, 0.29) is 35.5 Å². The van der Waals surface area contributed by atoms with E-state index in [9.17, 15) is 18.8 Å². The Kier molecular flexibility index (Phi) is 8.22. The summed E-state index contributed by atoms with van der Waals surface area (Å²) in [5.41, 5.74) is 1.36. The van der Waals surface area contributed by atoms with Gasteiger partial charge in [0.25, 0.3) is 0 Å². The molecule has 0 bridgehead atoms. The van der Waals surface area contributed by atoms with Crippen molar-refractivity contribution >= 4 is 17.7 Å². The third-order valence-electron chi connectivity index (χ3n) is 8.12. The van der Waals surface area contributed by atoms with Gasteiger partial charge < -0.3 is 9.64 Å². The SMILES string of the molecule is COC(=O)c1ccc(CC(=O)[C@@H]2[C@H](c3ccccc3)CCN2C(=O)C2CCC(C(C)C)CC2)cc1F. The van der Waals surface area contributed by atoms with Crippen LogP contribution in [0.25, 0.3) is 0 Å². The summed E-state index contributed by atoms with van der Waals surface area (Å²) in [6, 6.07) is 13.4. The Labute approximate surface area is 213 Å². The predicted octanol–water partition coefficient (Wildman–Crippen LogP) is 5.57. The second kappa shape index (κ2) is 11.4. The van der Waals surface area contributed by atoms with Gasteiger partial charge in [-0.25, -0.2) is 9.18 Å². The Hall–Kier alpha value is -3.02. The van der Waals surface area contributed by atoms with Gasteiger partial charge in [0.1, 0.15) is 5.82 Å². The molecule has 2 atom stereocenters. The first kappa shape index (κ1) is 26.1. The molecule has 1 aliphatic heterocycles. The molecule has 2 aromatic carbocycles. The first-order chi connectivity index (χ1) is 17.3. The van der Waals surface area contributed by atoms with Crippen LogP contribution >= 0.6 is 0 Å². The molecule has 0 spiro atoms. The number of likely N-dealkylation sites (tertiary alicyclic amines) is 1. The number of carbonyl (C=O) groups is 3. The number of rotatable bonds is 7. The fourth-order valence-corrected chi connectivity index (χ4v) is 6.00. The molecule has 0 radical (unpaired) electrons. The van der Waals surface area contributed by atoms with Crippen molar-refractivity contribution in [2.75, 3.05) is 13.7 Å². The number of ketones is 1. The number of hydrogen-bond donors (Lipinski definition) is 0. The van der Waals surface area contributed by atoms with Crippen LogP contribution in [0.1, 0.15) is 73.4 Å². The number of methoxy groups -OCH3 is 1. The summed E-state index contributed by atoms with van der Waals surface area (Å²) in [5.74, 6) is -0.338. The summed E-state index contributed by atoms with van der Waals surface area (Å²) in [5, 5.41) is 0. The average molecular weight is 494 g/mol. The van der Waals surface area contributed by atoms with Crippen molar-refractivity contribution in [2.45, 2.75) is 64.3 Å². The fourth-order valence-electron chi connectivity index (χ4n) is 6.00. The zero-order valence-electron chi connectivity index (χ0n) is 21.4. The van der Waals surface area contributed by atoms with E-state index in [1.807, 2.05) is 30.3 Å². The van der Waals surface area contributed by atoms with Gasteiger partial charge in [0.2, 0.25) is 5.91 Å². The highest BCUT2D eigenvalue weighted by atomic mass is 19.1. The Morgan fingerprint density at radius 3 is 2.31 bits per heavy atom. The molecule has 1 heterocycles.